The smallest absolute Gasteiger partial charge is 0.255 e. The molecule has 2 saturated heterocycles. The van der Waals surface area contributed by atoms with Gasteiger partial charge in [0.1, 0.15) is 5.82 Å². The number of rotatable bonds is 6. The summed E-state index contributed by atoms with van der Waals surface area (Å²) in [6.45, 7) is 3.71. The van der Waals surface area contributed by atoms with Gasteiger partial charge in [0, 0.05) is 45.3 Å². The summed E-state index contributed by atoms with van der Waals surface area (Å²) in [5, 5.41) is 3.69. The van der Waals surface area contributed by atoms with E-state index in [0.717, 1.165) is 50.0 Å². The minimum atomic E-state index is 0.00252. The van der Waals surface area contributed by atoms with E-state index in [4.69, 9.17) is 11.6 Å². The zero-order valence-corrected chi connectivity index (χ0v) is 17.8. The van der Waals surface area contributed by atoms with Crippen molar-refractivity contribution in [2.75, 3.05) is 25.0 Å². The SMILES string of the molecule is O=C1CCCN1Cc1ccc(CNc2ncc(C(=O)N3CCCCC3)cc2Cl)cc1. The van der Waals surface area contributed by atoms with E-state index in [2.05, 4.69) is 22.4 Å². The van der Waals surface area contributed by atoms with Crippen LogP contribution in [0.2, 0.25) is 5.02 Å². The summed E-state index contributed by atoms with van der Waals surface area (Å²) in [4.78, 5) is 32.5. The number of anilines is 1. The van der Waals surface area contributed by atoms with Crippen LogP contribution in [0.1, 0.15) is 53.6 Å². The Morgan fingerprint density at radius 2 is 1.77 bits per heavy atom. The molecule has 0 bridgehead atoms. The summed E-state index contributed by atoms with van der Waals surface area (Å²) < 4.78 is 0. The predicted molar refractivity (Wildman–Crippen MR) is 117 cm³/mol. The van der Waals surface area contributed by atoms with Crippen LogP contribution in [-0.4, -0.2) is 46.2 Å². The molecule has 2 amide bonds. The number of piperidine rings is 1. The van der Waals surface area contributed by atoms with Crippen molar-refractivity contribution in [2.24, 2.45) is 0 Å². The van der Waals surface area contributed by atoms with Gasteiger partial charge in [-0.15, -0.1) is 0 Å². The average Bonchev–Trinajstić information content (AvgIpc) is 3.18. The zero-order chi connectivity index (χ0) is 20.9. The molecule has 0 atom stereocenters. The number of halogens is 1. The monoisotopic (exact) mass is 426 g/mol. The summed E-state index contributed by atoms with van der Waals surface area (Å²) in [5.41, 5.74) is 2.76. The van der Waals surface area contributed by atoms with Gasteiger partial charge in [0.25, 0.3) is 5.91 Å². The number of amides is 2. The highest BCUT2D eigenvalue weighted by molar-refractivity contribution is 6.33. The van der Waals surface area contributed by atoms with Crippen LogP contribution < -0.4 is 5.32 Å². The first-order valence-electron chi connectivity index (χ1n) is 10.6. The van der Waals surface area contributed by atoms with E-state index in [1.807, 2.05) is 21.9 Å². The molecule has 1 aromatic carbocycles. The maximum absolute atomic E-state index is 12.6. The molecule has 30 heavy (non-hydrogen) atoms. The molecule has 0 spiro atoms. The summed E-state index contributed by atoms with van der Waals surface area (Å²) in [5.74, 6) is 0.810. The van der Waals surface area contributed by atoms with Gasteiger partial charge in [0.15, 0.2) is 0 Å². The molecule has 3 heterocycles. The van der Waals surface area contributed by atoms with Crippen LogP contribution in [0.15, 0.2) is 36.5 Å². The van der Waals surface area contributed by atoms with E-state index in [9.17, 15) is 9.59 Å². The summed E-state index contributed by atoms with van der Waals surface area (Å²) in [7, 11) is 0. The van der Waals surface area contributed by atoms with E-state index in [1.54, 1.807) is 12.3 Å². The lowest BCUT2D eigenvalue weighted by Crippen LogP contribution is -2.35. The minimum absolute atomic E-state index is 0.00252. The normalized spacial score (nSPS) is 16.8. The lowest BCUT2D eigenvalue weighted by molar-refractivity contribution is -0.128. The van der Waals surface area contributed by atoms with E-state index < -0.39 is 0 Å². The Hall–Kier alpha value is -2.60. The first-order valence-corrected chi connectivity index (χ1v) is 11.0. The van der Waals surface area contributed by atoms with Crippen molar-refractivity contribution in [1.29, 1.82) is 0 Å². The van der Waals surface area contributed by atoms with Gasteiger partial charge in [-0.3, -0.25) is 9.59 Å². The number of hydrogen-bond acceptors (Lipinski definition) is 4. The molecular weight excluding hydrogens is 400 g/mol. The number of likely N-dealkylation sites (tertiary alicyclic amines) is 2. The number of pyridine rings is 1. The van der Waals surface area contributed by atoms with Crippen LogP contribution in [0.3, 0.4) is 0 Å². The van der Waals surface area contributed by atoms with Crippen molar-refractivity contribution in [1.82, 2.24) is 14.8 Å². The zero-order valence-electron chi connectivity index (χ0n) is 17.1. The third kappa shape index (κ3) is 4.93. The Balaban J connectivity index is 1.33. The van der Waals surface area contributed by atoms with Crippen molar-refractivity contribution < 1.29 is 9.59 Å². The fraction of sp³-hybridized carbons (Fsp3) is 0.435. The summed E-state index contributed by atoms with van der Waals surface area (Å²) in [6, 6.07) is 9.90. The van der Waals surface area contributed by atoms with Gasteiger partial charge in [-0.05, 0) is 42.9 Å². The third-order valence-electron chi connectivity index (χ3n) is 5.76. The molecule has 7 heteroatoms. The van der Waals surface area contributed by atoms with Gasteiger partial charge < -0.3 is 15.1 Å². The molecule has 0 aliphatic carbocycles. The van der Waals surface area contributed by atoms with Gasteiger partial charge in [-0.2, -0.15) is 0 Å². The van der Waals surface area contributed by atoms with Gasteiger partial charge in [0.2, 0.25) is 5.91 Å². The highest BCUT2D eigenvalue weighted by atomic mass is 35.5. The number of benzene rings is 1. The Labute approximate surface area is 182 Å². The van der Waals surface area contributed by atoms with Gasteiger partial charge in [-0.25, -0.2) is 4.98 Å². The van der Waals surface area contributed by atoms with E-state index >= 15 is 0 Å². The molecule has 0 unspecified atom stereocenters. The Kier molecular flexibility index (Phi) is 6.53. The molecule has 2 fully saturated rings. The number of nitrogens with zero attached hydrogens (tertiary/aromatic N) is 3. The topological polar surface area (TPSA) is 65.5 Å². The second kappa shape index (κ2) is 9.47. The highest BCUT2D eigenvalue weighted by Gasteiger charge is 2.20. The van der Waals surface area contributed by atoms with Crippen LogP contribution in [0.25, 0.3) is 0 Å². The molecule has 4 rings (SSSR count). The summed E-state index contributed by atoms with van der Waals surface area (Å²) >= 11 is 6.38. The van der Waals surface area contributed by atoms with E-state index in [1.165, 1.54) is 6.42 Å². The average molecular weight is 427 g/mol. The van der Waals surface area contributed by atoms with Crippen LogP contribution in [0.4, 0.5) is 5.82 Å². The first-order chi connectivity index (χ1) is 14.6. The number of carbonyl (C=O) groups excluding carboxylic acids is 2. The largest absolute Gasteiger partial charge is 0.365 e. The molecule has 1 N–H and O–H groups in total. The number of hydrogen-bond donors (Lipinski definition) is 1. The molecule has 0 radical (unpaired) electrons. The molecule has 1 aromatic heterocycles. The van der Waals surface area contributed by atoms with Crippen LogP contribution in [-0.2, 0) is 17.9 Å². The Bertz CT molecular complexity index is 910. The standard InChI is InChI=1S/C23H27ClN4O2/c24-20-13-19(23(30)27-10-2-1-3-11-27)15-26-22(20)25-14-17-6-8-18(9-7-17)16-28-12-4-5-21(28)29/h6-9,13,15H,1-5,10-12,14,16H2,(H,25,26). The summed E-state index contributed by atoms with van der Waals surface area (Å²) in [6.07, 6.45) is 6.51. The quantitative estimate of drug-likeness (QED) is 0.755. The van der Waals surface area contributed by atoms with Crippen molar-refractivity contribution >= 4 is 29.2 Å². The Morgan fingerprint density at radius 1 is 1.03 bits per heavy atom. The first kappa shape index (κ1) is 20.7. The molecular formula is C23H27ClN4O2. The Morgan fingerprint density at radius 3 is 2.43 bits per heavy atom. The van der Waals surface area contributed by atoms with Crippen LogP contribution >= 0.6 is 11.6 Å². The third-order valence-corrected chi connectivity index (χ3v) is 6.05. The number of carbonyl (C=O) groups is 2. The van der Waals surface area contributed by atoms with Gasteiger partial charge >= 0.3 is 0 Å². The second-order valence-electron chi connectivity index (χ2n) is 8.00. The minimum Gasteiger partial charge on any atom is -0.365 e. The van der Waals surface area contributed by atoms with Gasteiger partial charge in [0.05, 0.1) is 10.6 Å². The second-order valence-corrected chi connectivity index (χ2v) is 8.40. The van der Waals surface area contributed by atoms with Crippen molar-refractivity contribution in [2.45, 2.75) is 45.2 Å². The van der Waals surface area contributed by atoms with Gasteiger partial charge in [-0.1, -0.05) is 35.9 Å². The van der Waals surface area contributed by atoms with E-state index in [0.29, 0.717) is 35.9 Å². The molecule has 2 aliphatic rings. The maximum atomic E-state index is 12.6. The molecule has 2 aliphatic heterocycles. The highest BCUT2D eigenvalue weighted by Crippen LogP contribution is 2.23. The lowest BCUT2D eigenvalue weighted by atomic mass is 10.1. The number of aromatic nitrogens is 1. The van der Waals surface area contributed by atoms with Crippen LogP contribution in [0, 0.1) is 0 Å². The van der Waals surface area contributed by atoms with Crippen LogP contribution in [0.5, 0.6) is 0 Å². The van der Waals surface area contributed by atoms with Crippen molar-refractivity contribution in [3.8, 4) is 0 Å². The molecule has 0 saturated carbocycles. The number of nitrogens with one attached hydrogen (secondary N) is 1. The molecule has 2 aromatic rings. The maximum Gasteiger partial charge on any atom is 0.255 e. The molecule has 158 valence electrons. The predicted octanol–water partition coefficient (Wildman–Crippen LogP) is 4.10. The van der Waals surface area contributed by atoms with Crippen molar-refractivity contribution in [3.63, 3.8) is 0 Å². The fourth-order valence-electron chi connectivity index (χ4n) is 4.00. The molecule has 6 nitrogen and oxygen atoms in total. The lowest BCUT2D eigenvalue weighted by Gasteiger charge is -2.26. The fourth-order valence-corrected chi connectivity index (χ4v) is 4.24. The van der Waals surface area contributed by atoms with E-state index in [-0.39, 0.29) is 11.8 Å². The van der Waals surface area contributed by atoms with Crippen molar-refractivity contribution in [3.05, 3.63) is 58.2 Å².